The summed E-state index contributed by atoms with van der Waals surface area (Å²) in [5.41, 5.74) is 14.5. The van der Waals surface area contributed by atoms with Crippen LogP contribution in [0.2, 0.25) is 0 Å². The van der Waals surface area contributed by atoms with E-state index in [4.69, 9.17) is 9.97 Å². The Hall–Kier alpha value is -6.71. The van der Waals surface area contributed by atoms with Crippen LogP contribution in [0.4, 0.5) is 0 Å². The maximum absolute atomic E-state index is 5.28. The summed E-state index contributed by atoms with van der Waals surface area (Å²) in [6.07, 6.45) is 3.69. The van der Waals surface area contributed by atoms with Crippen LogP contribution in [0, 0.1) is 0 Å². The summed E-state index contributed by atoms with van der Waals surface area (Å²) >= 11 is 0. The largest absolute Gasteiger partial charge is 0.264 e. The highest BCUT2D eigenvalue weighted by atomic mass is 14.9. The molecule has 2 aromatic heterocycles. The average molecular weight is 636 g/mol. The number of pyridine rings is 1. The van der Waals surface area contributed by atoms with Crippen molar-refractivity contribution in [2.45, 2.75) is 0 Å². The summed E-state index contributed by atoms with van der Waals surface area (Å²) in [4.78, 5) is 14.8. The maximum atomic E-state index is 5.28. The molecule has 9 aromatic rings. The fourth-order valence-electron chi connectivity index (χ4n) is 7.47. The van der Waals surface area contributed by atoms with Gasteiger partial charge in [-0.25, -0.2) is 9.97 Å². The molecule has 1 aliphatic rings. The molecule has 0 aliphatic heterocycles. The van der Waals surface area contributed by atoms with Gasteiger partial charge in [-0.2, -0.15) is 0 Å². The van der Waals surface area contributed by atoms with Crippen LogP contribution in [0.25, 0.3) is 100.0 Å². The van der Waals surface area contributed by atoms with Crippen LogP contribution >= 0.6 is 0 Å². The van der Waals surface area contributed by atoms with E-state index in [1.165, 1.54) is 54.9 Å². The lowest BCUT2D eigenvalue weighted by Crippen LogP contribution is -1.97. The van der Waals surface area contributed by atoms with Crippen molar-refractivity contribution in [3.63, 3.8) is 0 Å². The predicted octanol–water partition coefficient (Wildman–Crippen LogP) is 12.2. The summed E-state index contributed by atoms with van der Waals surface area (Å²) in [6, 6.07) is 58.3. The smallest absolute Gasteiger partial charge is 0.160 e. The van der Waals surface area contributed by atoms with Crippen molar-refractivity contribution in [2.24, 2.45) is 0 Å². The van der Waals surface area contributed by atoms with E-state index in [2.05, 4.69) is 163 Å². The fraction of sp³-hybridized carbons (Fsp3) is 0. The molecule has 232 valence electrons. The van der Waals surface area contributed by atoms with Crippen LogP contribution in [-0.2, 0) is 0 Å². The van der Waals surface area contributed by atoms with E-state index in [1.807, 2.05) is 12.3 Å². The standard InChI is InChI=1S/C47H29N3/c1-2-9-33-26-35(22-19-30(33)8-1)31-17-20-32(21-18-31)44-28-45(50-47(49-44)36-11-5-10-34(27-36)37-12-7-25-48-29-37)40-23-24-43-39-14-4-3-13-38(39)41-15-6-16-42(40)46(41)43/h1-29H. The second kappa shape index (κ2) is 11.5. The number of hydrogen-bond donors (Lipinski definition) is 0. The van der Waals surface area contributed by atoms with Gasteiger partial charge in [-0.1, -0.05) is 140 Å². The summed E-state index contributed by atoms with van der Waals surface area (Å²) in [5.74, 6) is 0.688. The van der Waals surface area contributed by atoms with Gasteiger partial charge < -0.3 is 0 Å². The van der Waals surface area contributed by atoms with Crippen LogP contribution < -0.4 is 0 Å². The van der Waals surface area contributed by atoms with E-state index < -0.39 is 0 Å². The van der Waals surface area contributed by atoms with Gasteiger partial charge in [0.15, 0.2) is 5.82 Å². The van der Waals surface area contributed by atoms with Gasteiger partial charge in [0.1, 0.15) is 0 Å². The molecule has 7 aromatic carbocycles. The van der Waals surface area contributed by atoms with Gasteiger partial charge in [0.2, 0.25) is 0 Å². The number of aromatic nitrogens is 3. The summed E-state index contributed by atoms with van der Waals surface area (Å²) in [7, 11) is 0. The Labute approximate surface area is 290 Å². The maximum Gasteiger partial charge on any atom is 0.160 e. The molecule has 0 bridgehead atoms. The minimum Gasteiger partial charge on any atom is -0.264 e. The zero-order valence-electron chi connectivity index (χ0n) is 27.1. The third-order valence-electron chi connectivity index (χ3n) is 9.93. The molecule has 0 spiro atoms. The molecule has 50 heavy (non-hydrogen) atoms. The minimum absolute atomic E-state index is 0.688. The van der Waals surface area contributed by atoms with Crippen molar-refractivity contribution >= 4 is 21.5 Å². The molecule has 0 atom stereocenters. The average Bonchev–Trinajstić information content (AvgIpc) is 3.53. The third-order valence-corrected chi connectivity index (χ3v) is 9.93. The van der Waals surface area contributed by atoms with Crippen molar-refractivity contribution in [1.29, 1.82) is 0 Å². The summed E-state index contributed by atoms with van der Waals surface area (Å²) in [5, 5.41) is 4.96. The highest BCUT2D eigenvalue weighted by Gasteiger charge is 2.23. The van der Waals surface area contributed by atoms with E-state index in [1.54, 1.807) is 6.20 Å². The first-order chi connectivity index (χ1) is 24.8. The van der Waals surface area contributed by atoms with Crippen molar-refractivity contribution in [3.8, 4) is 78.4 Å². The van der Waals surface area contributed by atoms with E-state index in [0.717, 1.165) is 39.2 Å². The number of hydrogen-bond acceptors (Lipinski definition) is 3. The van der Waals surface area contributed by atoms with Gasteiger partial charge in [-0.05, 0) is 84.8 Å². The Morgan fingerprint density at radius 2 is 0.980 bits per heavy atom. The third kappa shape index (κ3) is 4.71. The van der Waals surface area contributed by atoms with Crippen LogP contribution in [-0.4, -0.2) is 15.0 Å². The van der Waals surface area contributed by atoms with Gasteiger partial charge in [0.25, 0.3) is 0 Å². The van der Waals surface area contributed by atoms with Crippen molar-refractivity contribution < 1.29 is 0 Å². The van der Waals surface area contributed by atoms with Crippen molar-refractivity contribution in [1.82, 2.24) is 15.0 Å². The second-order valence-corrected chi connectivity index (χ2v) is 12.9. The first-order valence-corrected chi connectivity index (χ1v) is 16.9. The van der Waals surface area contributed by atoms with Crippen molar-refractivity contribution in [2.75, 3.05) is 0 Å². The monoisotopic (exact) mass is 635 g/mol. The SMILES string of the molecule is c1cncc(-c2cccc(-c3nc(-c4ccc(-c5ccc6ccccc6c5)cc4)cc(-c4ccc5c6c(cccc46)-c4ccccc4-5)n3)c2)c1. The number of benzene rings is 7. The molecular formula is C47H29N3. The summed E-state index contributed by atoms with van der Waals surface area (Å²) < 4.78 is 0. The molecule has 1 aliphatic carbocycles. The molecule has 0 saturated heterocycles. The molecule has 3 heteroatoms. The predicted molar refractivity (Wildman–Crippen MR) is 206 cm³/mol. The molecule has 0 fully saturated rings. The Kier molecular flexibility index (Phi) is 6.49. The van der Waals surface area contributed by atoms with Gasteiger partial charge >= 0.3 is 0 Å². The fourth-order valence-corrected chi connectivity index (χ4v) is 7.47. The Bertz CT molecular complexity index is 2720. The van der Waals surface area contributed by atoms with Gasteiger partial charge in [-0.15, -0.1) is 0 Å². The van der Waals surface area contributed by atoms with Crippen LogP contribution in [0.5, 0.6) is 0 Å². The highest BCUT2D eigenvalue weighted by molar-refractivity contribution is 6.18. The number of fused-ring (bicyclic) bond motifs is 4. The zero-order valence-corrected chi connectivity index (χ0v) is 27.1. The first kappa shape index (κ1) is 28.3. The molecule has 3 nitrogen and oxygen atoms in total. The molecule has 0 unspecified atom stereocenters. The first-order valence-electron chi connectivity index (χ1n) is 16.9. The second-order valence-electron chi connectivity index (χ2n) is 12.9. The number of rotatable bonds is 5. The van der Waals surface area contributed by atoms with E-state index >= 15 is 0 Å². The van der Waals surface area contributed by atoms with E-state index in [9.17, 15) is 0 Å². The Morgan fingerprint density at radius 3 is 1.82 bits per heavy atom. The molecule has 0 saturated carbocycles. The Morgan fingerprint density at radius 1 is 0.340 bits per heavy atom. The molecule has 2 heterocycles. The van der Waals surface area contributed by atoms with Crippen LogP contribution in [0.15, 0.2) is 176 Å². The van der Waals surface area contributed by atoms with Gasteiger partial charge in [0, 0.05) is 34.6 Å². The van der Waals surface area contributed by atoms with Crippen molar-refractivity contribution in [3.05, 3.63) is 176 Å². The lowest BCUT2D eigenvalue weighted by Gasteiger charge is -2.13. The minimum atomic E-state index is 0.688. The van der Waals surface area contributed by atoms with Crippen LogP contribution in [0.3, 0.4) is 0 Å². The lowest BCUT2D eigenvalue weighted by molar-refractivity contribution is 1.18. The summed E-state index contributed by atoms with van der Waals surface area (Å²) in [6.45, 7) is 0. The van der Waals surface area contributed by atoms with Gasteiger partial charge in [0.05, 0.1) is 11.4 Å². The van der Waals surface area contributed by atoms with Crippen LogP contribution in [0.1, 0.15) is 0 Å². The zero-order chi connectivity index (χ0) is 33.0. The molecule has 0 N–H and O–H groups in total. The van der Waals surface area contributed by atoms with E-state index in [0.29, 0.717) is 5.82 Å². The molecular weight excluding hydrogens is 607 g/mol. The molecule has 0 amide bonds. The highest BCUT2D eigenvalue weighted by Crippen LogP contribution is 2.49. The topological polar surface area (TPSA) is 38.7 Å². The molecule has 10 rings (SSSR count). The lowest BCUT2D eigenvalue weighted by atomic mass is 9.95. The normalized spacial score (nSPS) is 11.6. The van der Waals surface area contributed by atoms with Gasteiger partial charge in [-0.3, -0.25) is 4.98 Å². The van der Waals surface area contributed by atoms with E-state index in [-0.39, 0.29) is 0 Å². The molecule has 0 radical (unpaired) electrons. The number of nitrogens with zero attached hydrogens (tertiary/aromatic N) is 3. The Balaban J connectivity index is 1.13. The quantitative estimate of drug-likeness (QED) is 0.189.